The summed E-state index contributed by atoms with van der Waals surface area (Å²) < 4.78 is 0. The van der Waals surface area contributed by atoms with Crippen molar-refractivity contribution in [3.63, 3.8) is 0 Å². The van der Waals surface area contributed by atoms with Crippen LogP contribution >= 0.6 is 0 Å². The summed E-state index contributed by atoms with van der Waals surface area (Å²) in [5.74, 6) is -0.0213. The first kappa shape index (κ1) is 11.1. The molecule has 1 amide bonds. The molecule has 1 aliphatic rings. The Morgan fingerprint density at radius 1 is 1.44 bits per heavy atom. The quantitative estimate of drug-likeness (QED) is 0.802. The highest BCUT2D eigenvalue weighted by molar-refractivity contribution is 5.94. The number of aryl methyl sites for hydroxylation is 2. The van der Waals surface area contributed by atoms with E-state index in [4.69, 9.17) is 5.73 Å². The van der Waals surface area contributed by atoms with Gasteiger partial charge in [-0.2, -0.15) is 0 Å². The first-order valence-corrected chi connectivity index (χ1v) is 5.82. The summed E-state index contributed by atoms with van der Waals surface area (Å²) >= 11 is 0. The van der Waals surface area contributed by atoms with Gasteiger partial charge in [0.25, 0.3) is 5.91 Å². The van der Waals surface area contributed by atoms with Crippen molar-refractivity contribution in [2.45, 2.75) is 32.2 Å². The minimum absolute atomic E-state index is 0.00150. The Hall–Kier alpha value is -1.35. The first-order chi connectivity index (χ1) is 7.66. The second kappa shape index (κ2) is 4.66. The van der Waals surface area contributed by atoms with Crippen LogP contribution in [0.2, 0.25) is 0 Å². The standard InChI is InChI=1S/C13H18N2O/c1-9(14)8-15-13(16)12-6-5-10-3-2-4-11(10)7-12/h5-7,9H,2-4,8,14H2,1H3,(H,15,16). The molecule has 1 atom stereocenters. The summed E-state index contributed by atoms with van der Waals surface area (Å²) in [5.41, 5.74) is 9.07. The molecule has 0 radical (unpaired) electrons. The Balaban J connectivity index is 2.06. The molecule has 1 aromatic carbocycles. The van der Waals surface area contributed by atoms with E-state index in [1.807, 2.05) is 19.1 Å². The molecule has 3 nitrogen and oxygen atoms in total. The van der Waals surface area contributed by atoms with E-state index in [0.717, 1.165) is 18.4 Å². The van der Waals surface area contributed by atoms with Gasteiger partial charge >= 0.3 is 0 Å². The number of nitrogens with two attached hydrogens (primary N) is 1. The van der Waals surface area contributed by atoms with Crippen molar-refractivity contribution in [3.8, 4) is 0 Å². The largest absolute Gasteiger partial charge is 0.350 e. The molecule has 16 heavy (non-hydrogen) atoms. The smallest absolute Gasteiger partial charge is 0.251 e. The maximum Gasteiger partial charge on any atom is 0.251 e. The summed E-state index contributed by atoms with van der Waals surface area (Å²) in [6.45, 7) is 2.40. The van der Waals surface area contributed by atoms with Crippen molar-refractivity contribution in [3.05, 3.63) is 34.9 Å². The van der Waals surface area contributed by atoms with E-state index in [1.165, 1.54) is 17.5 Å². The molecule has 0 spiro atoms. The van der Waals surface area contributed by atoms with Gasteiger partial charge in [-0.3, -0.25) is 4.79 Å². The number of benzene rings is 1. The highest BCUT2D eigenvalue weighted by Gasteiger charge is 2.13. The average molecular weight is 218 g/mol. The summed E-state index contributed by atoms with van der Waals surface area (Å²) in [5, 5.41) is 2.83. The molecule has 0 saturated carbocycles. The Morgan fingerprint density at radius 3 is 2.94 bits per heavy atom. The van der Waals surface area contributed by atoms with Crippen molar-refractivity contribution in [2.75, 3.05) is 6.54 Å². The van der Waals surface area contributed by atoms with Crippen LogP contribution in [-0.4, -0.2) is 18.5 Å². The molecule has 0 aromatic heterocycles. The van der Waals surface area contributed by atoms with E-state index in [9.17, 15) is 4.79 Å². The van der Waals surface area contributed by atoms with E-state index in [2.05, 4.69) is 11.4 Å². The van der Waals surface area contributed by atoms with Crippen LogP contribution in [0.5, 0.6) is 0 Å². The van der Waals surface area contributed by atoms with Gasteiger partial charge in [0.05, 0.1) is 0 Å². The molecule has 0 aliphatic heterocycles. The molecule has 1 unspecified atom stereocenters. The number of hydrogen-bond donors (Lipinski definition) is 2. The van der Waals surface area contributed by atoms with Crippen LogP contribution in [0.25, 0.3) is 0 Å². The van der Waals surface area contributed by atoms with Crippen LogP contribution < -0.4 is 11.1 Å². The maximum atomic E-state index is 11.8. The molecule has 0 bridgehead atoms. The number of nitrogens with one attached hydrogen (secondary N) is 1. The van der Waals surface area contributed by atoms with Gasteiger partial charge in [0.2, 0.25) is 0 Å². The van der Waals surface area contributed by atoms with Gasteiger partial charge in [0.15, 0.2) is 0 Å². The Bertz CT molecular complexity index is 399. The maximum absolute atomic E-state index is 11.8. The lowest BCUT2D eigenvalue weighted by molar-refractivity contribution is 0.0951. The van der Waals surface area contributed by atoms with E-state index in [0.29, 0.717) is 6.54 Å². The van der Waals surface area contributed by atoms with Crippen molar-refractivity contribution in [1.29, 1.82) is 0 Å². The second-order valence-electron chi connectivity index (χ2n) is 4.52. The van der Waals surface area contributed by atoms with Gasteiger partial charge in [-0.25, -0.2) is 0 Å². The van der Waals surface area contributed by atoms with Gasteiger partial charge < -0.3 is 11.1 Å². The summed E-state index contributed by atoms with van der Waals surface area (Å²) in [6.07, 6.45) is 3.46. The van der Waals surface area contributed by atoms with Gasteiger partial charge in [-0.15, -0.1) is 0 Å². The predicted molar refractivity (Wildman–Crippen MR) is 64.4 cm³/mol. The van der Waals surface area contributed by atoms with Crippen LogP contribution in [0.1, 0.15) is 34.8 Å². The van der Waals surface area contributed by atoms with Crippen molar-refractivity contribution in [1.82, 2.24) is 5.32 Å². The van der Waals surface area contributed by atoms with Crippen LogP contribution in [0.4, 0.5) is 0 Å². The number of carbonyl (C=O) groups excluding carboxylic acids is 1. The SMILES string of the molecule is CC(N)CNC(=O)c1ccc2c(c1)CCC2. The van der Waals surface area contributed by atoms with Gasteiger partial charge in [-0.05, 0) is 49.4 Å². The fraction of sp³-hybridized carbons (Fsp3) is 0.462. The van der Waals surface area contributed by atoms with E-state index in [-0.39, 0.29) is 11.9 Å². The minimum Gasteiger partial charge on any atom is -0.350 e. The molecule has 86 valence electrons. The molecule has 0 fully saturated rings. The van der Waals surface area contributed by atoms with Crippen molar-refractivity contribution in [2.24, 2.45) is 5.73 Å². The lowest BCUT2D eigenvalue weighted by Gasteiger charge is -2.08. The monoisotopic (exact) mass is 218 g/mol. The number of hydrogen-bond acceptors (Lipinski definition) is 2. The second-order valence-corrected chi connectivity index (χ2v) is 4.52. The van der Waals surface area contributed by atoms with E-state index >= 15 is 0 Å². The fourth-order valence-electron chi connectivity index (χ4n) is 2.07. The Kier molecular flexibility index (Phi) is 3.25. The highest BCUT2D eigenvalue weighted by Crippen LogP contribution is 2.22. The molecular weight excluding hydrogens is 200 g/mol. The van der Waals surface area contributed by atoms with E-state index in [1.54, 1.807) is 0 Å². The lowest BCUT2D eigenvalue weighted by Crippen LogP contribution is -2.35. The third kappa shape index (κ3) is 2.42. The molecule has 1 aliphatic carbocycles. The molecule has 0 saturated heterocycles. The van der Waals surface area contributed by atoms with Crippen molar-refractivity contribution < 1.29 is 4.79 Å². The Morgan fingerprint density at radius 2 is 2.19 bits per heavy atom. The zero-order chi connectivity index (χ0) is 11.5. The molecule has 2 rings (SSSR count). The zero-order valence-corrected chi connectivity index (χ0v) is 9.62. The number of carbonyl (C=O) groups is 1. The van der Waals surface area contributed by atoms with Gasteiger partial charge in [0.1, 0.15) is 0 Å². The minimum atomic E-state index is -0.0213. The first-order valence-electron chi connectivity index (χ1n) is 5.82. The van der Waals surface area contributed by atoms with E-state index < -0.39 is 0 Å². The van der Waals surface area contributed by atoms with Gasteiger partial charge in [-0.1, -0.05) is 6.07 Å². The zero-order valence-electron chi connectivity index (χ0n) is 9.62. The molecular formula is C13H18N2O. The fourth-order valence-corrected chi connectivity index (χ4v) is 2.07. The third-order valence-corrected chi connectivity index (χ3v) is 2.95. The third-order valence-electron chi connectivity index (χ3n) is 2.95. The summed E-state index contributed by atoms with van der Waals surface area (Å²) in [7, 11) is 0. The Labute approximate surface area is 96.0 Å². The van der Waals surface area contributed by atoms with Crippen LogP contribution in [0.15, 0.2) is 18.2 Å². The van der Waals surface area contributed by atoms with Crippen LogP contribution in [0, 0.1) is 0 Å². The van der Waals surface area contributed by atoms with Crippen molar-refractivity contribution >= 4 is 5.91 Å². The molecule has 0 heterocycles. The molecule has 3 heteroatoms. The van der Waals surface area contributed by atoms with Crippen LogP contribution in [-0.2, 0) is 12.8 Å². The number of rotatable bonds is 3. The topological polar surface area (TPSA) is 55.1 Å². The molecule has 1 aromatic rings. The predicted octanol–water partition coefficient (Wildman–Crippen LogP) is 1.25. The highest BCUT2D eigenvalue weighted by atomic mass is 16.1. The van der Waals surface area contributed by atoms with Crippen LogP contribution in [0.3, 0.4) is 0 Å². The summed E-state index contributed by atoms with van der Waals surface area (Å²) in [4.78, 5) is 11.8. The normalized spacial score (nSPS) is 15.6. The van der Waals surface area contributed by atoms with Gasteiger partial charge in [0, 0.05) is 18.2 Å². The average Bonchev–Trinajstić information content (AvgIpc) is 2.72. The number of fused-ring (bicyclic) bond motifs is 1. The summed E-state index contributed by atoms with van der Waals surface area (Å²) in [6, 6.07) is 5.99. The molecule has 3 N–H and O–H groups in total. The lowest BCUT2D eigenvalue weighted by atomic mass is 10.1. The number of amides is 1.